The number of carbonyl (C=O) groups excluding carboxylic acids is 1. The molecule has 2 aromatic carbocycles. The van der Waals surface area contributed by atoms with Crippen LogP contribution in [0.5, 0.6) is 0 Å². The summed E-state index contributed by atoms with van der Waals surface area (Å²) in [4.78, 5) is 17.1. The van der Waals surface area contributed by atoms with Gasteiger partial charge in [0.1, 0.15) is 11.6 Å². The molecule has 9 heteroatoms. The monoisotopic (exact) mass is 478 g/mol. The van der Waals surface area contributed by atoms with Crippen LogP contribution in [0.25, 0.3) is 17.2 Å². The third-order valence-electron chi connectivity index (χ3n) is 5.25. The number of hydrogen-bond acceptors (Lipinski definition) is 5. The first-order chi connectivity index (χ1) is 15.0. The largest absolute Gasteiger partial charge is 0.310 e. The van der Waals surface area contributed by atoms with Crippen molar-refractivity contribution in [3.05, 3.63) is 81.8 Å². The lowest BCUT2D eigenvalue weighted by molar-refractivity contribution is -0.116. The summed E-state index contributed by atoms with van der Waals surface area (Å²) in [6.07, 6.45) is 1.83. The molecule has 1 aliphatic heterocycles. The maximum atomic E-state index is 13.3. The minimum absolute atomic E-state index is 0.107. The lowest BCUT2D eigenvalue weighted by Crippen LogP contribution is -2.25. The van der Waals surface area contributed by atoms with Crippen LogP contribution in [0, 0.1) is 12.7 Å². The second-order valence-electron chi connectivity index (χ2n) is 7.26. The number of halogens is 2. The third-order valence-corrected chi connectivity index (χ3v) is 5.78. The number of aromatic nitrogens is 5. The van der Waals surface area contributed by atoms with Crippen LogP contribution >= 0.6 is 15.9 Å². The second-order valence-corrected chi connectivity index (χ2v) is 8.18. The van der Waals surface area contributed by atoms with E-state index in [4.69, 9.17) is 0 Å². The van der Waals surface area contributed by atoms with E-state index in [9.17, 15) is 9.18 Å². The maximum absolute atomic E-state index is 13.3. The fraction of sp³-hybridized carbons (Fsp3) is 0.136. The first-order valence-corrected chi connectivity index (χ1v) is 10.4. The Morgan fingerprint density at radius 1 is 1.13 bits per heavy atom. The maximum Gasteiger partial charge on any atom is 0.272 e. The van der Waals surface area contributed by atoms with Gasteiger partial charge in [-0.3, -0.25) is 4.79 Å². The molecular formula is C22H16BrFN6O. The van der Waals surface area contributed by atoms with Gasteiger partial charge in [-0.1, -0.05) is 28.1 Å². The molecule has 4 aromatic rings. The van der Waals surface area contributed by atoms with E-state index >= 15 is 0 Å². The van der Waals surface area contributed by atoms with Crippen molar-refractivity contribution >= 4 is 27.7 Å². The summed E-state index contributed by atoms with van der Waals surface area (Å²) < 4.78 is 15.7. The van der Waals surface area contributed by atoms with Crippen LogP contribution in [0.15, 0.2) is 59.2 Å². The standard InChI is InChI=1S/C22H16BrFN6O/c1-12-20-17(13-2-6-15(23)7-3-13)10-19(31)27-21(20)30(29-12)22-26-18(11-25-28-22)14-4-8-16(24)9-5-14/h2-9,11,17H,10H2,1H3,(H,27,31)/t17-/m1/s1. The van der Waals surface area contributed by atoms with Gasteiger partial charge in [0, 0.05) is 27.9 Å². The van der Waals surface area contributed by atoms with Crippen molar-refractivity contribution in [2.45, 2.75) is 19.3 Å². The molecule has 1 atom stereocenters. The normalized spacial score (nSPS) is 15.5. The van der Waals surface area contributed by atoms with E-state index in [-0.39, 0.29) is 23.6 Å². The molecule has 0 radical (unpaired) electrons. The summed E-state index contributed by atoms with van der Waals surface area (Å²) in [7, 11) is 0. The predicted molar refractivity (Wildman–Crippen MR) is 116 cm³/mol. The first-order valence-electron chi connectivity index (χ1n) is 9.60. The molecule has 31 heavy (non-hydrogen) atoms. The molecular weight excluding hydrogens is 463 g/mol. The van der Waals surface area contributed by atoms with Gasteiger partial charge in [0.2, 0.25) is 5.91 Å². The van der Waals surface area contributed by atoms with Crippen LogP contribution in [0.4, 0.5) is 10.2 Å². The Hall–Kier alpha value is -3.46. The quantitative estimate of drug-likeness (QED) is 0.471. The van der Waals surface area contributed by atoms with Gasteiger partial charge < -0.3 is 5.32 Å². The average molecular weight is 479 g/mol. The van der Waals surface area contributed by atoms with Gasteiger partial charge in [-0.25, -0.2) is 9.37 Å². The lowest BCUT2D eigenvalue weighted by atomic mass is 9.86. The lowest BCUT2D eigenvalue weighted by Gasteiger charge is -2.24. The fourth-order valence-corrected chi connectivity index (χ4v) is 4.08. The number of fused-ring (bicyclic) bond motifs is 1. The van der Waals surface area contributed by atoms with Gasteiger partial charge >= 0.3 is 0 Å². The molecule has 0 aliphatic carbocycles. The molecule has 1 amide bonds. The zero-order valence-electron chi connectivity index (χ0n) is 16.4. The smallest absolute Gasteiger partial charge is 0.272 e. The van der Waals surface area contributed by atoms with Crippen molar-refractivity contribution in [1.29, 1.82) is 0 Å². The Bertz CT molecular complexity index is 1290. The van der Waals surface area contributed by atoms with Crippen LogP contribution in [-0.4, -0.2) is 30.9 Å². The van der Waals surface area contributed by atoms with E-state index in [0.717, 1.165) is 21.3 Å². The van der Waals surface area contributed by atoms with Crippen LogP contribution < -0.4 is 5.32 Å². The Balaban J connectivity index is 1.60. The van der Waals surface area contributed by atoms with E-state index < -0.39 is 0 Å². The Morgan fingerprint density at radius 3 is 2.61 bits per heavy atom. The van der Waals surface area contributed by atoms with Crippen LogP contribution in [0.1, 0.15) is 29.2 Å². The van der Waals surface area contributed by atoms with Crippen molar-refractivity contribution in [1.82, 2.24) is 25.0 Å². The molecule has 3 heterocycles. The van der Waals surface area contributed by atoms with E-state index in [1.807, 2.05) is 31.2 Å². The van der Waals surface area contributed by atoms with Gasteiger partial charge in [-0.15, -0.1) is 5.10 Å². The third kappa shape index (κ3) is 3.61. The molecule has 7 nitrogen and oxygen atoms in total. The molecule has 1 N–H and O–H groups in total. The number of hydrogen-bond donors (Lipinski definition) is 1. The highest BCUT2D eigenvalue weighted by atomic mass is 79.9. The number of carbonyl (C=O) groups is 1. The summed E-state index contributed by atoms with van der Waals surface area (Å²) in [5.41, 5.74) is 3.96. The molecule has 1 aliphatic rings. The van der Waals surface area contributed by atoms with E-state index in [0.29, 0.717) is 23.5 Å². The summed E-state index contributed by atoms with van der Waals surface area (Å²) >= 11 is 3.45. The number of anilines is 1. The topological polar surface area (TPSA) is 85.6 Å². The second kappa shape index (κ2) is 7.66. The molecule has 0 spiro atoms. The Labute approximate surface area is 185 Å². The Morgan fingerprint density at radius 2 is 1.87 bits per heavy atom. The fourth-order valence-electron chi connectivity index (χ4n) is 3.82. The molecule has 0 saturated carbocycles. The molecule has 0 bridgehead atoms. The zero-order chi connectivity index (χ0) is 21.5. The highest BCUT2D eigenvalue weighted by molar-refractivity contribution is 9.10. The van der Waals surface area contributed by atoms with Gasteiger partial charge in [-0.05, 0) is 48.9 Å². The summed E-state index contributed by atoms with van der Waals surface area (Å²) in [6, 6.07) is 13.9. The summed E-state index contributed by atoms with van der Waals surface area (Å²) in [6.45, 7) is 1.90. The van der Waals surface area contributed by atoms with Crippen LogP contribution in [0.2, 0.25) is 0 Å². The number of nitrogens with one attached hydrogen (secondary N) is 1. The molecule has 0 unspecified atom stereocenters. The minimum atomic E-state index is -0.329. The highest BCUT2D eigenvalue weighted by Gasteiger charge is 2.33. The van der Waals surface area contributed by atoms with Gasteiger partial charge in [0.25, 0.3) is 5.95 Å². The van der Waals surface area contributed by atoms with E-state index in [1.54, 1.807) is 12.1 Å². The average Bonchev–Trinajstić information content (AvgIpc) is 3.10. The van der Waals surface area contributed by atoms with Crippen molar-refractivity contribution in [2.24, 2.45) is 0 Å². The molecule has 0 saturated heterocycles. The van der Waals surface area contributed by atoms with Crippen molar-refractivity contribution in [2.75, 3.05) is 5.32 Å². The molecule has 154 valence electrons. The predicted octanol–water partition coefficient (Wildman–Crippen LogP) is 4.41. The summed E-state index contributed by atoms with van der Waals surface area (Å²) in [5, 5.41) is 15.7. The number of nitrogens with zero attached hydrogens (tertiary/aromatic N) is 5. The van der Waals surface area contributed by atoms with Gasteiger partial charge in [-0.2, -0.15) is 14.9 Å². The number of benzene rings is 2. The molecule has 0 fully saturated rings. The van der Waals surface area contributed by atoms with Gasteiger partial charge in [0.05, 0.1) is 17.6 Å². The SMILES string of the molecule is Cc1nn(-c2nncc(-c3ccc(F)cc3)n2)c2c1[C@@H](c1ccc(Br)cc1)CC(=O)N2. The molecule has 5 rings (SSSR count). The van der Waals surface area contributed by atoms with Crippen molar-refractivity contribution < 1.29 is 9.18 Å². The minimum Gasteiger partial charge on any atom is -0.310 e. The molecule has 2 aromatic heterocycles. The summed E-state index contributed by atoms with van der Waals surface area (Å²) in [5.74, 6) is 0.204. The first kappa shape index (κ1) is 19.5. The highest BCUT2D eigenvalue weighted by Crippen LogP contribution is 2.40. The van der Waals surface area contributed by atoms with Crippen LogP contribution in [0.3, 0.4) is 0 Å². The Kier molecular flexibility index (Phi) is 4.82. The van der Waals surface area contributed by atoms with Gasteiger partial charge in [0.15, 0.2) is 0 Å². The van der Waals surface area contributed by atoms with Crippen molar-refractivity contribution in [3.63, 3.8) is 0 Å². The number of aryl methyl sites for hydroxylation is 1. The number of amides is 1. The zero-order valence-corrected chi connectivity index (χ0v) is 18.0. The number of rotatable bonds is 3. The van der Waals surface area contributed by atoms with E-state index in [2.05, 4.69) is 41.5 Å². The van der Waals surface area contributed by atoms with Crippen LogP contribution in [-0.2, 0) is 4.79 Å². The van der Waals surface area contributed by atoms with E-state index in [1.165, 1.54) is 23.0 Å². The van der Waals surface area contributed by atoms with Crippen molar-refractivity contribution in [3.8, 4) is 17.2 Å².